The lowest BCUT2D eigenvalue weighted by Gasteiger charge is -2.30. The highest BCUT2D eigenvalue weighted by Crippen LogP contribution is 2.33. The molecule has 2 heteroatoms. The standard InChI is InChI=1S/C9H18NO/c1-9(2,3)8-4-6-10(11)7-5-8/h8H,4-7H2,1-3H3/q+1. The minimum atomic E-state index is 0.390. The molecule has 0 spiro atoms. The fraction of sp³-hybridized carbons (Fsp3) is 1.00. The van der Waals surface area contributed by atoms with Gasteiger partial charge in [-0.25, -0.2) is 0 Å². The lowest BCUT2D eigenvalue weighted by atomic mass is 9.76. The summed E-state index contributed by atoms with van der Waals surface area (Å²) in [5, 5.41) is 0. The Labute approximate surface area is 68.6 Å². The van der Waals surface area contributed by atoms with Gasteiger partial charge >= 0.3 is 0 Å². The molecule has 2 nitrogen and oxygen atoms in total. The molecule has 1 saturated heterocycles. The van der Waals surface area contributed by atoms with Crippen LogP contribution in [-0.4, -0.2) is 17.8 Å². The van der Waals surface area contributed by atoms with Crippen molar-refractivity contribution in [1.82, 2.24) is 0 Å². The van der Waals surface area contributed by atoms with Crippen molar-refractivity contribution in [2.75, 3.05) is 13.1 Å². The minimum Gasteiger partial charge on any atom is -0.0599 e. The third kappa shape index (κ3) is 2.28. The van der Waals surface area contributed by atoms with Crippen LogP contribution in [0.25, 0.3) is 0 Å². The molecule has 0 aromatic heterocycles. The van der Waals surface area contributed by atoms with Crippen molar-refractivity contribution in [3.8, 4) is 0 Å². The molecule has 0 atom stereocenters. The quantitative estimate of drug-likeness (QED) is 0.492. The van der Waals surface area contributed by atoms with Crippen LogP contribution in [0.2, 0.25) is 0 Å². The first-order chi connectivity index (χ1) is 5.00. The summed E-state index contributed by atoms with van der Waals surface area (Å²) in [4.78, 5) is 10.9. The molecular formula is C9H18NO+. The summed E-state index contributed by atoms with van der Waals surface area (Å²) in [5.41, 5.74) is 0.390. The third-order valence-electron chi connectivity index (χ3n) is 2.68. The molecule has 1 fully saturated rings. The van der Waals surface area contributed by atoms with E-state index in [4.69, 9.17) is 0 Å². The van der Waals surface area contributed by atoms with Gasteiger partial charge in [0.15, 0.2) is 13.1 Å². The van der Waals surface area contributed by atoms with E-state index in [2.05, 4.69) is 20.8 Å². The number of piperidine rings is 1. The van der Waals surface area contributed by atoms with Crippen LogP contribution >= 0.6 is 0 Å². The lowest BCUT2D eigenvalue weighted by molar-refractivity contribution is -0.562. The van der Waals surface area contributed by atoms with Crippen LogP contribution in [0.15, 0.2) is 0 Å². The van der Waals surface area contributed by atoms with E-state index in [1.165, 1.54) is 4.76 Å². The van der Waals surface area contributed by atoms with Gasteiger partial charge < -0.3 is 0 Å². The van der Waals surface area contributed by atoms with E-state index >= 15 is 0 Å². The van der Waals surface area contributed by atoms with Gasteiger partial charge in [0, 0.05) is 17.7 Å². The number of nitrogens with zero attached hydrogens (tertiary/aromatic N) is 1. The zero-order valence-electron chi connectivity index (χ0n) is 7.76. The molecule has 1 aliphatic rings. The van der Waals surface area contributed by atoms with E-state index in [0.29, 0.717) is 5.41 Å². The maximum Gasteiger partial charge on any atom is 0.192 e. The van der Waals surface area contributed by atoms with Crippen LogP contribution in [0.3, 0.4) is 0 Å². The molecule has 1 heterocycles. The summed E-state index contributed by atoms with van der Waals surface area (Å²) < 4.78 is 1.18. The summed E-state index contributed by atoms with van der Waals surface area (Å²) in [7, 11) is 0. The first kappa shape index (κ1) is 8.69. The average molecular weight is 156 g/mol. The second-order valence-corrected chi connectivity index (χ2v) is 4.57. The summed E-state index contributed by atoms with van der Waals surface area (Å²) >= 11 is 0. The first-order valence-electron chi connectivity index (χ1n) is 4.42. The zero-order chi connectivity index (χ0) is 8.48. The van der Waals surface area contributed by atoms with Gasteiger partial charge in [0.2, 0.25) is 0 Å². The zero-order valence-corrected chi connectivity index (χ0v) is 7.76. The van der Waals surface area contributed by atoms with E-state index in [0.717, 1.165) is 31.8 Å². The SMILES string of the molecule is CC(C)(C)C1CC[N+](=O)CC1. The summed E-state index contributed by atoms with van der Waals surface area (Å²) in [6.45, 7) is 8.26. The highest BCUT2D eigenvalue weighted by Gasteiger charge is 2.31. The Hall–Kier alpha value is -0.400. The van der Waals surface area contributed by atoms with Crippen molar-refractivity contribution in [2.45, 2.75) is 33.6 Å². The summed E-state index contributed by atoms with van der Waals surface area (Å²) in [6.07, 6.45) is 2.15. The molecular weight excluding hydrogens is 138 g/mol. The van der Waals surface area contributed by atoms with Crippen molar-refractivity contribution in [3.63, 3.8) is 0 Å². The van der Waals surface area contributed by atoms with Crippen LogP contribution in [0.5, 0.6) is 0 Å². The van der Waals surface area contributed by atoms with Crippen molar-refractivity contribution < 1.29 is 4.76 Å². The first-order valence-corrected chi connectivity index (χ1v) is 4.42. The van der Waals surface area contributed by atoms with E-state index in [1.54, 1.807) is 0 Å². The predicted octanol–water partition coefficient (Wildman–Crippen LogP) is 2.22. The van der Waals surface area contributed by atoms with Gasteiger partial charge in [-0.05, 0) is 16.1 Å². The Morgan fingerprint density at radius 1 is 1.18 bits per heavy atom. The Bertz CT molecular complexity index is 147. The summed E-state index contributed by atoms with van der Waals surface area (Å²) in [5.74, 6) is 0.743. The molecule has 64 valence electrons. The van der Waals surface area contributed by atoms with Crippen molar-refractivity contribution >= 4 is 0 Å². The Kier molecular flexibility index (Phi) is 2.31. The highest BCUT2D eigenvalue weighted by molar-refractivity contribution is 4.75. The fourth-order valence-electron chi connectivity index (χ4n) is 1.72. The average Bonchev–Trinajstić information content (AvgIpc) is 1.86. The lowest BCUT2D eigenvalue weighted by Crippen LogP contribution is -2.31. The van der Waals surface area contributed by atoms with Gasteiger partial charge in [-0.15, -0.1) is 0 Å². The fourth-order valence-corrected chi connectivity index (χ4v) is 1.72. The maximum atomic E-state index is 10.9. The van der Waals surface area contributed by atoms with Crippen molar-refractivity contribution in [1.29, 1.82) is 0 Å². The molecule has 1 aliphatic heterocycles. The highest BCUT2D eigenvalue weighted by atomic mass is 16.3. The second kappa shape index (κ2) is 2.92. The third-order valence-corrected chi connectivity index (χ3v) is 2.68. The minimum absolute atomic E-state index is 0.390. The van der Waals surface area contributed by atoms with E-state index < -0.39 is 0 Å². The maximum absolute atomic E-state index is 10.9. The van der Waals surface area contributed by atoms with E-state index in [-0.39, 0.29) is 0 Å². The van der Waals surface area contributed by atoms with Gasteiger partial charge in [0.05, 0.1) is 0 Å². The molecule has 0 saturated carbocycles. The molecule has 0 amide bonds. The largest absolute Gasteiger partial charge is 0.192 e. The van der Waals surface area contributed by atoms with Crippen LogP contribution in [0, 0.1) is 16.2 Å². The van der Waals surface area contributed by atoms with Crippen molar-refractivity contribution in [2.24, 2.45) is 11.3 Å². The molecule has 0 bridgehead atoms. The van der Waals surface area contributed by atoms with Gasteiger partial charge in [-0.2, -0.15) is 0 Å². The monoisotopic (exact) mass is 156 g/mol. The Morgan fingerprint density at radius 3 is 2.00 bits per heavy atom. The summed E-state index contributed by atoms with van der Waals surface area (Å²) in [6, 6.07) is 0. The molecule has 0 aromatic rings. The Morgan fingerprint density at radius 2 is 1.64 bits per heavy atom. The second-order valence-electron chi connectivity index (χ2n) is 4.57. The van der Waals surface area contributed by atoms with Gasteiger partial charge in [-0.3, -0.25) is 0 Å². The molecule has 0 aliphatic carbocycles. The van der Waals surface area contributed by atoms with Gasteiger partial charge in [0.1, 0.15) is 0 Å². The normalized spacial score (nSPS) is 22.3. The van der Waals surface area contributed by atoms with Gasteiger partial charge in [-0.1, -0.05) is 20.8 Å². The van der Waals surface area contributed by atoms with E-state index in [1.807, 2.05) is 0 Å². The topological polar surface area (TPSA) is 20.1 Å². The molecule has 0 radical (unpaired) electrons. The van der Waals surface area contributed by atoms with Crippen molar-refractivity contribution in [3.05, 3.63) is 4.91 Å². The number of rotatable bonds is 0. The van der Waals surface area contributed by atoms with Gasteiger partial charge in [0.25, 0.3) is 0 Å². The van der Waals surface area contributed by atoms with Crippen LogP contribution in [0.4, 0.5) is 0 Å². The molecule has 0 N–H and O–H groups in total. The number of hydrogen-bond acceptors (Lipinski definition) is 1. The molecule has 0 aromatic carbocycles. The van der Waals surface area contributed by atoms with Crippen LogP contribution in [0.1, 0.15) is 33.6 Å². The molecule has 1 rings (SSSR count). The Balaban J connectivity index is 2.45. The predicted molar refractivity (Wildman–Crippen MR) is 45.5 cm³/mol. The number of nitroso groups, excluding NO2 is 1. The molecule has 11 heavy (non-hydrogen) atoms. The smallest absolute Gasteiger partial charge is 0.0599 e. The van der Waals surface area contributed by atoms with Crippen LogP contribution in [-0.2, 0) is 0 Å². The van der Waals surface area contributed by atoms with Crippen LogP contribution < -0.4 is 0 Å². The number of hydrogen-bond donors (Lipinski definition) is 0. The van der Waals surface area contributed by atoms with E-state index in [9.17, 15) is 4.91 Å². The molecule has 0 unspecified atom stereocenters.